The lowest BCUT2D eigenvalue weighted by molar-refractivity contribution is 0.199. The summed E-state index contributed by atoms with van der Waals surface area (Å²) in [5.41, 5.74) is 6.64. The zero-order valence-corrected chi connectivity index (χ0v) is 9.24. The molecule has 1 fully saturated rings. The maximum atomic E-state index is 5.53. The molecule has 1 saturated heterocycles. The quantitative estimate of drug-likeness (QED) is 0.689. The molecule has 1 aliphatic heterocycles. The van der Waals surface area contributed by atoms with Gasteiger partial charge in [0.05, 0.1) is 0 Å². The zero-order valence-electron chi connectivity index (χ0n) is 9.24. The molecule has 0 bridgehead atoms. The van der Waals surface area contributed by atoms with Crippen molar-refractivity contribution in [2.45, 2.75) is 19.8 Å². The molecule has 0 aromatic rings. The number of nitrogens with two attached hydrogens (primary N) is 1. The molecular weight excluding hydrogens is 174 g/mol. The first-order valence-electron chi connectivity index (χ1n) is 5.31. The molecule has 2 N–H and O–H groups in total. The minimum atomic E-state index is 0.821. The average Bonchev–Trinajstić information content (AvgIpc) is 2.17. The van der Waals surface area contributed by atoms with E-state index in [1.54, 1.807) is 13.2 Å². The van der Waals surface area contributed by atoms with Gasteiger partial charge in [0.2, 0.25) is 0 Å². The van der Waals surface area contributed by atoms with Crippen LogP contribution < -0.4 is 5.73 Å². The van der Waals surface area contributed by atoms with Gasteiger partial charge in [-0.15, -0.1) is 0 Å². The first-order chi connectivity index (χ1) is 6.76. The Morgan fingerprint density at radius 3 is 3.00 bits per heavy atom. The molecule has 1 atom stereocenters. The fraction of sp³-hybridized carbons (Fsp3) is 0.727. The van der Waals surface area contributed by atoms with Crippen LogP contribution in [0.3, 0.4) is 0 Å². The number of likely N-dealkylation sites (tertiary alicyclic amines) is 1. The summed E-state index contributed by atoms with van der Waals surface area (Å²) >= 11 is 0. The normalized spacial score (nSPS) is 25.9. The molecule has 1 rings (SSSR count). The largest absolute Gasteiger partial charge is 0.404 e. The standard InChI is InChI=1S/C11H21N3/c1-10-4-3-5-14(8-10)9-11(6-12)7-13-2/h6-7,10H,3-5,8-9,12H2,1-2H3. The molecule has 1 aliphatic rings. The maximum Gasteiger partial charge on any atom is 0.0277 e. The summed E-state index contributed by atoms with van der Waals surface area (Å²) in [5, 5.41) is 0. The van der Waals surface area contributed by atoms with Crippen LogP contribution in [-0.4, -0.2) is 37.8 Å². The second-order valence-corrected chi connectivity index (χ2v) is 4.11. The van der Waals surface area contributed by atoms with Gasteiger partial charge in [0, 0.05) is 26.4 Å². The van der Waals surface area contributed by atoms with E-state index in [9.17, 15) is 0 Å². The Labute approximate surface area is 86.7 Å². The highest BCUT2D eigenvalue weighted by Gasteiger charge is 2.16. The lowest BCUT2D eigenvalue weighted by atomic mass is 10.00. The van der Waals surface area contributed by atoms with E-state index in [4.69, 9.17) is 5.73 Å². The van der Waals surface area contributed by atoms with Gasteiger partial charge in [-0.3, -0.25) is 9.89 Å². The van der Waals surface area contributed by atoms with Crippen LogP contribution in [0.2, 0.25) is 0 Å². The van der Waals surface area contributed by atoms with Gasteiger partial charge in [0.25, 0.3) is 0 Å². The second kappa shape index (κ2) is 5.81. The molecule has 80 valence electrons. The monoisotopic (exact) mass is 195 g/mol. The van der Waals surface area contributed by atoms with Crippen molar-refractivity contribution in [1.29, 1.82) is 0 Å². The third-order valence-corrected chi connectivity index (χ3v) is 2.66. The van der Waals surface area contributed by atoms with Crippen LogP contribution in [0.25, 0.3) is 0 Å². The molecule has 3 heteroatoms. The summed E-state index contributed by atoms with van der Waals surface area (Å²) in [7, 11) is 1.78. The topological polar surface area (TPSA) is 41.6 Å². The lowest BCUT2D eigenvalue weighted by Crippen LogP contribution is -2.36. The van der Waals surface area contributed by atoms with Crippen molar-refractivity contribution in [1.82, 2.24) is 4.90 Å². The zero-order chi connectivity index (χ0) is 10.4. The second-order valence-electron chi connectivity index (χ2n) is 4.11. The van der Waals surface area contributed by atoms with Crippen molar-refractivity contribution in [2.75, 3.05) is 26.7 Å². The molecule has 0 aliphatic carbocycles. The van der Waals surface area contributed by atoms with E-state index in [1.165, 1.54) is 25.9 Å². The van der Waals surface area contributed by atoms with Gasteiger partial charge in [-0.1, -0.05) is 6.92 Å². The first kappa shape index (κ1) is 11.2. The predicted octanol–water partition coefficient (Wildman–Crippen LogP) is 1.26. The molecular formula is C11H21N3. The summed E-state index contributed by atoms with van der Waals surface area (Å²) in [5.74, 6) is 0.821. The minimum Gasteiger partial charge on any atom is -0.404 e. The molecule has 0 radical (unpaired) electrons. The minimum absolute atomic E-state index is 0.821. The summed E-state index contributed by atoms with van der Waals surface area (Å²) in [6, 6.07) is 0. The van der Waals surface area contributed by atoms with E-state index in [2.05, 4.69) is 16.8 Å². The van der Waals surface area contributed by atoms with Crippen molar-refractivity contribution in [3.8, 4) is 0 Å². The first-order valence-corrected chi connectivity index (χ1v) is 5.31. The summed E-state index contributed by atoms with van der Waals surface area (Å²) in [4.78, 5) is 6.44. The number of nitrogens with zero attached hydrogens (tertiary/aromatic N) is 2. The number of piperidine rings is 1. The maximum absolute atomic E-state index is 5.53. The SMILES string of the molecule is CN=CC(=CN)CN1CCCC(C)C1. The Morgan fingerprint density at radius 2 is 2.43 bits per heavy atom. The van der Waals surface area contributed by atoms with Gasteiger partial charge < -0.3 is 5.73 Å². The summed E-state index contributed by atoms with van der Waals surface area (Å²) < 4.78 is 0. The molecule has 0 aromatic heterocycles. The van der Waals surface area contributed by atoms with Crippen molar-refractivity contribution in [3.05, 3.63) is 11.8 Å². The van der Waals surface area contributed by atoms with Crippen LogP contribution in [0.15, 0.2) is 16.8 Å². The molecule has 0 saturated carbocycles. The van der Waals surface area contributed by atoms with Crippen molar-refractivity contribution in [3.63, 3.8) is 0 Å². The van der Waals surface area contributed by atoms with E-state index in [1.807, 2.05) is 6.21 Å². The molecule has 1 heterocycles. The van der Waals surface area contributed by atoms with Crippen LogP contribution in [0, 0.1) is 5.92 Å². The smallest absolute Gasteiger partial charge is 0.0277 e. The van der Waals surface area contributed by atoms with E-state index in [0.29, 0.717) is 0 Å². The predicted molar refractivity (Wildman–Crippen MR) is 61.5 cm³/mol. The molecule has 1 unspecified atom stereocenters. The number of hydrogen-bond donors (Lipinski definition) is 1. The van der Waals surface area contributed by atoms with Gasteiger partial charge in [-0.2, -0.15) is 0 Å². The van der Waals surface area contributed by atoms with Gasteiger partial charge >= 0.3 is 0 Å². The third-order valence-electron chi connectivity index (χ3n) is 2.66. The van der Waals surface area contributed by atoms with Gasteiger partial charge in [-0.05, 0) is 37.1 Å². The van der Waals surface area contributed by atoms with Gasteiger partial charge in [0.1, 0.15) is 0 Å². The van der Waals surface area contributed by atoms with Crippen molar-refractivity contribution >= 4 is 6.21 Å². The summed E-state index contributed by atoms with van der Waals surface area (Å²) in [6.07, 6.45) is 6.17. The number of rotatable bonds is 3. The Bertz CT molecular complexity index is 221. The fourth-order valence-corrected chi connectivity index (χ4v) is 1.99. The highest BCUT2D eigenvalue weighted by Crippen LogP contribution is 2.15. The van der Waals surface area contributed by atoms with Crippen LogP contribution in [0.5, 0.6) is 0 Å². The molecule has 0 spiro atoms. The summed E-state index contributed by atoms with van der Waals surface area (Å²) in [6.45, 7) is 5.64. The molecule has 3 nitrogen and oxygen atoms in total. The van der Waals surface area contributed by atoms with E-state index in [0.717, 1.165) is 18.0 Å². The van der Waals surface area contributed by atoms with E-state index < -0.39 is 0 Å². The Morgan fingerprint density at radius 1 is 1.64 bits per heavy atom. The highest BCUT2D eigenvalue weighted by atomic mass is 15.1. The molecule has 0 aromatic carbocycles. The van der Waals surface area contributed by atoms with Gasteiger partial charge in [-0.25, -0.2) is 0 Å². The van der Waals surface area contributed by atoms with Crippen LogP contribution in [-0.2, 0) is 0 Å². The van der Waals surface area contributed by atoms with Crippen LogP contribution in [0.4, 0.5) is 0 Å². The Hall–Kier alpha value is -0.830. The van der Waals surface area contributed by atoms with E-state index >= 15 is 0 Å². The number of hydrogen-bond acceptors (Lipinski definition) is 3. The van der Waals surface area contributed by atoms with Crippen LogP contribution >= 0.6 is 0 Å². The van der Waals surface area contributed by atoms with Crippen molar-refractivity contribution in [2.24, 2.45) is 16.6 Å². The van der Waals surface area contributed by atoms with Gasteiger partial charge in [0.15, 0.2) is 0 Å². The number of aliphatic imine (C=N–C) groups is 1. The molecule has 14 heavy (non-hydrogen) atoms. The fourth-order valence-electron chi connectivity index (χ4n) is 1.99. The third kappa shape index (κ3) is 3.50. The average molecular weight is 195 g/mol. The lowest BCUT2D eigenvalue weighted by Gasteiger charge is -2.30. The van der Waals surface area contributed by atoms with Crippen molar-refractivity contribution < 1.29 is 0 Å². The highest BCUT2D eigenvalue weighted by molar-refractivity contribution is 5.78. The Kier molecular flexibility index (Phi) is 4.66. The molecule has 0 amide bonds. The van der Waals surface area contributed by atoms with Crippen LogP contribution in [0.1, 0.15) is 19.8 Å². The van der Waals surface area contributed by atoms with E-state index in [-0.39, 0.29) is 0 Å². The Balaban J connectivity index is 2.42.